The van der Waals surface area contributed by atoms with Crippen LogP contribution < -0.4 is 10.6 Å². The molecule has 2 aromatic rings. The normalized spacial score (nSPS) is 13.9. The molecule has 1 aromatic heterocycles. The second-order valence-electron chi connectivity index (χ2n) is 4.95. The molecule has 0 aliphatic heterocycles. The number of nitrogens with zero attached hydrogens (tertiary/aromatic N) is 2. The molecule has 1 aliphatic carbocycles. The highest BCUT2D eigenvalue weighted by Gasteiger charge is 2.22. The van der Waals surface area contributed by atoms with Crippen molar-refractivity contribution in [1.29, 1.82) is 0 Å². The molecule has 0 saturated heterocycles. The van der Waals surface area contributed by atoms with Gasteiger partial charge in [-0.25, -0.2) is 0 Å². The van der Waals surface area contributed by atoms with Gasteiger partial charge in [-0.15, -0.1) is 10.2 Å². The van der Waals surface area contributed by atoms with Gasteiger partial charge in [-0.2, -0.15) is 0 Å². The molecule has 0 radical (unpaired) electrons. The van der Waals surface area contributed by atoms with Gasteiger partial charge in [0.2, 0.25) is 11.0 Å². The van der Waals surface area contributed by atoms with E-state index < -0.39 is 0 Å². The average molecular weight is 355 g/mol. The standard InChI is InChI=1S/C14H15ClN4OS2/c15-11-4-2-1-3-9(11)7-16-12(20)8-21-14-19-18-13(22-14)17-10-5-6-10/h1-4,10H,5-8H2,(H,16,20)(H,17,18). The van der Waals surface area contributed by atoms with Crippen LogP contribution in [0.15, 0.2) is 28.6 Å². The van der Waals surface area contributed by atoms with Crippen LogP contribution in [0.1, 0.15) is 18.4 Å². The fraction of sp³-hybridized carbons (Fsp3) is 0.357. The molecule has 1 aromatic carbocycles. The first-order valence-electron chi connectivity index (χ1n) is 6.93. The van der Waals surface area contributed by atoms with Gasteiger partial charge in [0.25, 0.3) is 0 Å². The molecule has 116 valence electrons. The number of rotatable bonds is 7. The summed E-state index contributed by atoms with van der Waals surface area (Å²) in [5.41, 5.74) is 0.911. The topological polar surface area (TPSA) is 66.9 Å². The maximum atomic E-state index is 11.9. The summed E-state index contributed by atoms with van der Waals surface area (Å²) < 4.78 is 0.802. The Bertz CT molecular complexity index is 660. The molecule has 22 heavy (non-hydrogen) atoms. The largest absolute Gasteiger partial charge is 0.357 e. The lowest BCUT2D eigenvalue weighted by Gasteiger charge is -2.05. The zero-order chi connectivity index (χ0) is 15.4. The van der Waals surface area contributed by atoms with Crippen molar-refractivity contribution in [2.75, 3.05) is 11.1 Å². The molecule has 1 heterocycles. The Morgan fingerprint density at radius 1 is 1.36 bits per heavy atom. The average Bonchev–Trinajstić information content (AvgIpc) is 3.21. The maximum absolute atomic E-state index is 11.9. The third-order valence-corrected chi connectivity index (χ3v) is 5.43. The highest BCUT2D eigenvalue weighted by Crippen LogP contribution is 2.30. The maximum Gasteiger partial charge on any atom is 0.230 e. The minimum absolute atomic E-state index is 0.0446. The number of aromatic nitrogens is 2. The molecule has 1 saturated carbocycles. The second kappa shape index (κ2) is 7.30. The van der Waals surface area contributed by atoms with Gasteiger partial charge < -0.3 is 10.6 Å². The predicted octanol–water partition coefficient (Wildman–Crippen LogP) is 3.17. The number of carbonyl (C=O) groups is 1. The van der Waals surface area contributed by atoms with Crippen molar-refractivity contribution in [1.82, 2.24) is 15.5 Å². The number of anilines is 1. The number of hydrogen-bond donors (Lipinski definition) is 2. The molecule has 0 unspecified atom stereocenters. The molecule has 3 rings (SSSR count). The van der Waals surface area contributed by atoms with Gasteiger partial charge in [0.05, 0.1) is 5.75 Å². The van der Waals surface area contributed by atoms with E-state index in [2.05, 4.69) is 20.8 Å². The second-order valence-corrected chi connectivity index (χ2v) is 7.56. The van der Waals surface area contributed by atoms with E-state index >= 15 is 0 Å². The summed E-state index contributed by atoms with van der Waals surface area (Å²) in [6, 6.07) is 8.04. The van der Waals surface area contributed by atoms with Gasteiger partial charge in [-0.05, 0) is 24.5 Å². The van der Waals surface area contributed by atoms with E-state index in [-0.39, 0.29) is 5.91 Å². The summed E-state index contributed by atoms with van der Waals surface area (Å²) in [5.74, 6) is 0.277. The van der Waals surface area contributed by atoms with E-state index in [9.17, 15) is 4.79 Å². The van der Waals surface area contributed by atoms with Gasteiger partial charge in [0, 0.05) is 17.6 Å². The molecule has 5 nitrogen and oxygen atoms in total. The number of halogens is 1. The summed E-state index contributed by atoms with van der Waals surface area (Å²) in [5, 5.41) is 15.8. The van der Waals surface area contributed by atoms with Crippen LogP contribution >= 0.6 is 34.7 Å². The SMILES string of the molecule is O=C(CSc1nnc(NC2CC2)s1)NCc1ccccc1Cl. The number of nitrogens with one attached hydrogen (secondary N) is 2. The van der Waals surface area contributed by atoms with Crippen LogP contribution in [0.3, 0.4) is 0 Å². The zero-order valence-corrected chi connectivity index (χ0v) is 14.1. The quantitative estimate of drug-likeness (QED) is 0.747. The highest BCUT2D eigenvalue weighted by molar-refractivity contribution is 8.01. The summed E-state index contributed by atoms with van der Waals surface area (Å²) in [6.07, 6.45) is 2.40. The van der Waals surface area contributed by atoms with Crippen LogP contribution in [-0.2, 0) is 11.3 Å². The van der Waals surface area contributed by atoms with Gasteiger partial charge in [-0.3, -0.25) is 4.79 Å². The van der Waals surface area contributed by atoms with Crippen molar-refractivity contribution in [2.24, 2.45) is 0 Å². The van der Waals surface area contributed by atoms with Gasteiger partial charge in [0.15, 0.2) is 4.34 Å². The van der Waals surface area contributed by atoms with Crippen LogP contribution in [-0.4, -0.2) is 27.9 Å². The third-order valence-electron chi connectivity index (χ3n) is 3.07. The van der Waals surface area contributed by atoms with Crippen molar-refractivity contribution in [3.8, 4) is 0 Å². The van der Waals surface area contributed by atoms with Crippen LogP contribution in [0.25, 0.3) is 0 Å². The fourth-order valence-electron chi connectivity index (χ4n) is 1.74. The molecule has 0 bridgehead atoms. The number of amides is 1. The molecule has 1 fully saturated rings. The number of benzene rings is 1. The van der Waals surface area contributed by atoms with Gasteiger partial charge in [0.1, 0.15) is 0 Å². The Kier molecular flexibility index (Phi) is 5.17. The highest BCUT2D eigenvalue weighted by atomic mass is 35.5. The zero-order valence-electron chi connectivity index (χ0n) is 11.7. The van der Waals surface area contributed by atoms with Crippen LogP contribution in [0.5, 0.6) is 0 Å². The molecule has 1 amide bonds. The molecule has 1 aliphatic rings. The first-order valence-corrected chi connectivity index (χ1v) is 9.11. The molecular weight excluding hydrogens is 340 g/mol. The monoisotopic (exact) mass is 354 g/mol. The van der Waals surface area contributed by atoms with E-state index in [1.807, 2.05) is 24.3 Å². The van der Waals surface area contributed by atoms with Crippen LogP contribution in [0, 0.1) is 0 Å². The van der Waals surface area contributed by atoms with Crippen molar-refractivity contribution in [3.05, 3.63) is 34.9 Å². The lowest BCUT2D eigenvalue weighted by atomic mass is 10.2. The third kappa shape index (κ3) is 4.59. The van der Waals surface area contributed by atoms with E-state index in [0.717, 1.165) is 15.0 Å². The lowest BCUT2D eigenvalue weighted by Crippen LogP contribution is -2.24. The number of hydrogen-bond acceptors (Lipinski definition) is 6. The predicted molar refractivity (Wildman–Crippen MR) is 90.6 cm³/mol. The Labute approximate surface area is 141 Å². The summed E-state index contributed by atoms with van der Waals surface area (Å²) in [7, 11) is 0. The summed E-state index contributed by atoms with van der Waals surface area (Å²) in [4.78, 5) is 11.9. The Balaban J connectivity index is 1.42. The number of thioether (sulfide) groups is 1. The summed E-state index contributed by atoms with van der Waals surface area (Å²) in [6.45, 7) is 0.434. The fourth-order valence-corrected chi connectivity index (χ4v) is 3.60. The smallest absolute Gasteiger partial charge is 0.230 e. The molecule has 0 atom stereocenters. The van der Waals surface area contributed by atoms with E-state index in [1.54, 1.807) is 0 Å². The van der Waals surface area contributed by atoms with Crippen molar-refractivity contribution in [2.45, 2.75) is 29.8 Å². The van der Waals surface area contributed by atoms with Crippen molar-refractivity contribution in [3.63, 3.8) is 0 Å². The van der Waals surface area contributed by atoms with Crippen molar-refractivity contribution >= 4 is 45.7 Å². The minimum Gasteiger partial charge on any atom is -0.357 e. The van der Waals surface area contributed by atoms with E-state index in [4.69, 9.17) is 11.6 Å². The number of carbonyl (C=O) groups excluding carboxylic acids is 1. The van der Waals surface area contributed by atoms with E-state index in [0.29, 0.717) is 23.4 Å². The first kappa shape index (κ1) is 15.6. The van der Waals surface area contributed by atoms with Crippen LogP contribution in [0.2, 0.25) is 5.02 Å². The lowest BCUT2D eigenvalue weighted by molar-refractivity contribution is -0.118. The van der Waals surface area contributed by atoms with E-state index in [1.165, 1.54) is 35.9 Å². The molecular formula is C14H15ClN4OS2. The Hall–Kier alpha value is -1.31. The molecule has 0 spiro atoms. The first-order chi connectivity index (χ1) is 10.7. The van der Waals surface area contributed by atoms with Crippen LogP contribution in [0.4, 0.5) is 5.13 Å². The minimum atomic E-state index is -0.0446. The Morgan fingerprint density at radius 2 is 2.18 bits per heavy atom. The van der Waals surface area contributed by atoms with Gasteiger partial charge >= 0.3 is 0 Å². The van der Waals surface area contributed by atoms with Crippen molar-refractivity contribution < 1.29 is 4.79 Å². The Morgan fingerprint density at radius 3 is 2.95 bits per heavy atom. The molecule has 8 heteroatoms. The van der Waals surface area contributed by atoms with Gasteiger partial charge in [-0.1, -0.05) is 52.9 Å². The molecule has 2 N–H and O–H groups in total. The summed E-state index contributed by atoms with van der Waals surface area (Å²) >= 11 is 8.93.